The Morgan fingerprint density at radius 2 is 1.77 bits per heavy atom. The molecule has 2 heterocycles. The molecule has 176 valence electrons. The number of amides is 4. The van der Waals surface area contributed by atoms with Crippen molar-refractivity contribution in [2.24, 2.45) is 17.3 Å². The molecule has 31 heavy (non-hydrogen) atoms. The molecule has 2 rings (SSSR count). The second-order valence-electron chi connectivity index (χ2n) is 9.89. The summed E-state index contributed by atoms with van der Waals surface area (Å²) < 4.78 is 19.6. The number of rotatable bonds is 9. The van der Waals surface area contributed by atoms with Crippen molar-refractivity contribution in [1.82, 2.24) is 15.5 Å². The van der Waals surface area contributed by atoms with Gasteiger partial charge in [-0.3, -0.25) is 24.1 Å². The van der Waals surface area contributed by atoms with Crippen LogP contribution >= 0.6 is 0 Å². The largest absolute Gasteiger partial charge is 0.381 e. The minimum Gasteiger partial charge on any atom is -0.381 e. The summed E-state index contributed by atoms with van der Waals surface area (Å²) >= 11 is 0. The molecule has 3 unspecified atom stereocenters. The van der Waals surface area contributed by atoms with Crippen molar-refractivity contribution in [3.63, 3.8) is 0 Å². The van der Waals surface area contributed by atoms with E-state index in [1.54, 1.807) is 20.8 Å². The number of ether oxygens (including phenoxy) is 1. The number of likely N-dealkylation sites (tertiary alicyclic amines) is 1. The summed E-state index contributed by atoms with van der Waals surface area (Å²) in [6, 6.07) is -1.23. The summed E-state index contributed by atoms with van der Waals surface area (Å²) in [4.78, 5) is 50.7. The molecule has 2 saturated heterocycles. The molecule has 0 aliphatic carbocycles. The number of hydrogen-bond acceptors (Lipinski definition) is 5. The predicted octanol–water partition coefficient (Wildman–Crippen LogP) is 1.57. The number of nitrogens with zero attached hydrogens (tertiary/aromatic N) is 1. The van der Waals surface area contributed by atoms with E-state index in [0.29, 0.717) is 19.4 Å². The molecule has 0 spiro atoms. The Bertz CT molecular complexity index is 669. The smallest absolute Gasteiger partial charge is 0.255 e. The third-order valence-electron chi connectivity index (χ3n) is 5.93. The van der Waals surface area contributed by atoms with Crippen LogP contribution in [0.5, 0.6) is 0 Å². The van der Waals surface area contributed by atoms with E-state index in [-0.39, 0.29) is 49.8 Å². The molecule has 2 aliphatic heterocycles. The molecule has 4 amide bonds. The average Bonchev–Trinajstić information content (AvgIpc) is 3.31. The van der Waals surface area contributed by atoms with Crippen LogP contribution in [0.1, 0.15) is 60.3 Å². The molecule has 4 atom stereocenters. The van der Waals surface area contributed by atoms with E-state index < -0.39 is 35.4 Å². The topological polar surface area (TPSA) is 105 Å². The number of carbonyl (C=O) groups is 4. The molecular weight excluding hydrogens is 405 g/mol. The minimum absolute atomic E-state index is 0.0352. The molecule has 0 saturated carbocycles. The summed E-state index contributed by atoms with van der Waals surface area (Å²) in [7, 11) is 0. The van der Waals surface area contributed by atoms with Gasteiger partial charge in [0.2, 0.25) is 17.7 Å². The summed E-state index contributed by atoms with van der Waals surface area (Å²) in [5.74, 6) is -2.11. The maximum atomic E-state index is 14.4. The van der Waals surface area contributed by atoms with Crippen molar-refractivity contribution in [3.05, 3.63) is 0 Å². The Hall–Kier alpha value is -2.03. The quantitative estimate of drug-likeness (QED) is 0.529. The van der Waals surface area contributed by atoms with Crippen molar-refractivity contribution < 1.29 is 28.3 Å². The number of imide groups is 1. The maximum absolute atomic E-state index is 14.4. The van der Waals surface area contributed by atoms with E-state index in [9.17, 15) is 23.6 Å². The SMILES string of the molecule is CC(C)[C@@H](CCNC(=O)C(N1C(=O)CCC1=O)C(C)(C)C)NC(=O)C(F)C1CCOC1. The van der Waals surface area contributed by atoms with Gasteiger partial charge in [0.05, 0.1) is 6.61 Å². The highest BCUT2D eigenvalue weighted by Gasteiger charge is 2.44. The van der Waals surface area contributed by atoms with Gasteiger partial charge in [-0.25, -0.2) is 4.39 Å². The molecular formula is C22H36FN3O5. The number of carbonyl (C=O) groups excluding carboxylic acids is 4. The van der Waals surface area contributed by atoms with Gasteiger partial charge in [0.15, 0.2) is 6.17 Å². The summed E-state index contributed by atoms with van der Waals surface area (Å²) in [6.45, 7) is 10.2. The van der Waals surface area contributed by atoms with Gasteiger partial charge in [0.1, 0.15) is 6.04 Å². The van der Waals surface area contributed by atoms with Crippen LogP contribution in [-0.4, -0.2) is 66.5 Å². The summed E-state index contributed by atoms with van der Waals surface area (Å²) in [6.07, 6.45) is -0.440. The Kier molecular flexibility index (Phi) is 8.57. The lowest BCUT2D eigenvalue weighted by atomic mass is 9.85. The lowest BCUT2D eigenvalue weighted by Gasteiger charge is -2.35. The van der Waals surface area contributed by atoms with Gasteiger partial charge in [0.25, 0.3) is 5.91 Å². The zero-order valence-corrected chi connectivity index (χ0v) is 19.2. The van der Waals surface area contributed by atoms with Crippen LogP contribution in [0.15, 0.2) is 0 Å². The zero-order valence-electron chi connectivity index (χ0n) is 19.2. The lowest BCUT2D eigenvalue weighted by molar-refractivity contribution is -0.150. The zero-order chi connectivity index (χ0) is 23.3. The first kappa shape index (κ1) is 25.2. The number of hydrogen-bond donors (Lipinski definition) is 2. The number of nitrogens with one attached hydrogen (secondary N) is 2. The molecule has 2 aliphatic rings. The predicted molar refractivity (Wildman–Crippen MR) is 113 cm³/mol. The van der Waals surface area contributed by atoms with Crippen LogP contribution in [0.25, 0.3) is 0 Å². The monoisotopic (exact) mass is 441 g/mol. The van der Waals surface area contributed by atoms with Gasteiger partial charge in [-0.2, -0.15) is 0 Å². The second-order valence-corrected chi connectivity index (χ2v) is 9.89. The van der Waals surface area contributed by atoms with Crippen LogP contribution in [-0.2, 0) is 23.9 Å². The van der Waals surface area contributed by atoms with Crippen molar-refractivity contribution >= 4 is 23.6 Å². The molecule has 0 aromatic rings. The van der Waals surface area contributed by atoms with Crippen molar-refractivity contribution in [2.75, 3.05) is 19.8 Å². The lowest BCUT2D eigenvalue weighted by Crippen LogP contribution is -2.56. The normalized spacial score (nSPS) is 22.5. The third kappa shape index (κ3) is 6.48. The Balaban J connectivity index is 1.94. The summed E-state index contributed by atoms with van der Waals surface area (Å²) in [5.41, 5.74) is -0.629. The first-order chi connectivity index (χ1) is 14.4. The number of halogens is 1. The molecule has 0 aromatic carbocycles. The van der Waals surface area contributed by atoms with Crippen molar-refractivity contribution in [1.29, 1.82) is 0 Å². The van der Waals surface area contributed by atoms with Gasteiger partial charge >= 0.3 is 0 Å². The van der Waals surface area contributed by atoms with Crippen LogP contribution in [0, 0.1) is 17.3 Å². The average molecular weight is 442 g/mol. The minimum atomic E-state index is -1.61. The van der Waals surface area contributed by atoms with Gasteiger partial charge in [-0.05, 0) is 24.2 Å². The fraction of sp³-hybridized carbons (Fsp3) is 0.818. The fourth-order valence-electron chi connectivity index (χ4n) is 4.06. The first-order valence-corrected chi connectivity index (χ1v) is 11.1. The van der Waals surface area contributed by atoms with Gasteiger partial charge in [-0.15, -0.1) is 0 Å². The van der Waals surface area contributed by atoms with Gasteiger partial charge in [-0.1, -0.05) is 34.6 Å². The molecule has 0 bridgehead atoms. The fourth-order valence-corrected chi connectivity index (χ4v) is 4.06. The van der Waals surface area contributed by atoms with Gasteiger partial charge in [0, 0.05) is 38.0 Å². The van der Waals surface area contributed by atoms with Crippen LogP contribution in [0.4, 0.5) is 4.39 Å². The van der Waals surface area contributed by atoms with E-state index in [1.165, 1.54) is 0 Å². The van der Waals surface area contributed by atoms with E-state index >= 15 is 0 Å². The van der Waals surface area contributed by atoms with E-state index in [1.807, 2.05) is 13.8 Å². The molecule has 0 radical (unpaired) electrons. The molecule has 0 aromatic heterocycles. The standard InChI is InChI=1S/C22H36FN3O5/c1-13(2)15(25-20(29)18(23)14-9-11-31-12-14)8-10-24-21(30)19(22(3,4)5)26-16(27)6-7-17(26)28/h13-15,18-19H,6-12H2,1-5H3,(H,24,30)(H,25,29)/t14?,15-,18?,19?/m1/s1. The Morgan fingerprint density at radius 3 is 2.26 bits per heavy atom. The van der Waals surface area contributed by atoms with Crippen molar-refractivity contribution in [3.8, 4) is 0 Å². The molecule has 2 fully saturated rings. The van der Waals surface area contributed by atoms with Crippen LogP contribution < -0.4 is 10.6 Å². The second kappa shape index (κ2) is 10.5. The first-order valence-electron chi connectivity index (χ1n) is 11.1. The highest BCUT2D eigenvalue weighted by atomic mass is 19.1. The molecule has 9 heteroatoms. The van der Waals surface area contributed by atoms with Crippen LogP contribution in [0.3, 0.4) is 0 Å². The Labute approximate surface area is 183 Å². The van der Waals surface area contributed by atoms with E-state index in [4.69, 9.17) is 4.74 Å². The molecule has 8 nitrogen and oxygen atoms in total. The highest BCUT2D eigenvalue weighted by Crippen LogP contribution is 2.29. The van der Waals surface area contributed by atoms with E-state index in [2.05, 4.69) is 10.6 Å². The van der Waals surface area contributed by atoms with Crippen LogP contribution in [0.2, 0.25) is 0 Å². The third-order valence-corrected chi connectivity index (χ3v) is 5.93. The maximum Gasteiger partial charge on any atom is 0.255 e. The Morgan fingerprint density at radius 1 is 1.16 bits per heavy atom. The number of alkyl halides is 1. The molecule has 2 N–H and O–H groups in total. The summed E-state index contributed by atoms with van der Waals surface area (Å²) in [5, 5.41) is 5.56. The van der Waals surface area contributed by atoms with E-state index in [0.717, 1.165) is 4.90 Å². The highest BCUT2D eigenvalue weighted by molar-refractivity contribution is 6.05. The van der Waals surface area contributed by atoms with Gasteiger partial charge < -0.3 is 15.4 Å². The van der Waals surface area contributed by atoms with Crippen molar-refractivity contribution in [2.45, 2.75) is 78.6 Å².